The van der Waals surface area contributed by atoms with Gasteiger partial charge in [0, 0.05) is 17.8 Å². The van der Waals surface area contributed by atoms with E-state index in [1.165, 1.54) is 24.3 Å². The standard InChI is InChI=1S/C22H21N3O5/c26-20(23-16-7-4-8-17(12-16)25(29)30)13-24-21(27)18-10-9-15(11-19(18)22(24)28)14-5-2-1-3-6-14/h1-8,12,15,18-19H,9-11,13H2,(H,23,26)/t15-,18+,19+/m0/s1. The summed E-state index contributed by atoms with van der Waals surface area (Å²) in [6, 6.07) is 15.5. The molecule has 1 aliphatic heterocycles. The molecule has 30 heavy (non-hydrogen) atoms. The Hall–Kier alpha value is -3.55. The van der Waals surface area contributed by atoms with E-state index in [1.54, 1.807) is 0 Å². The number of likely N-dealkylation sites (tertiary alicyclic amines) is 1. The van der Waals surface area contributed by atoms with Gasteiger partial charge in [0.1, 0.15) is 6.54 Å². The average molecular weight is 407 g/mol. The van der Waals surface area contributed by atoms with Gasteiger partial charge in [0.05, 0.1) is 16.8 Å². The van der Waals surface area contributed by atoms with Gasteiger partial charge in [0.25, 0.3) is 5.69 Å². The topological polar surface area (TPSA) is 110 Å². The molecule has 2 aromatic rings. The third-order valence-electron chi connectivity index (χ3n) is 5.93. The Kier molecular flexibility index (Phi) is 5.31. The predicted octanol–water partition coefficient (Wildman–Crippen LogP) is 3.10. The molecule has 8 nitrogen and oxygen atoms in total. The molecule has 0 unspecified atom stereocenters. The molecule has 8 heteroatoms. The van der Waals surface area contributed by atoms with Crippen molar-refractivity contribution in [1.29, 1.82) is 0 Å². The number of fused-ring (bicyclic) bond motifs is 1. The van der Waals surface area contributed by atoms with Gasteiger partial charge in [-0.1, -0.05) is 36.4 Å². The van der Waals surface area contributed by atoms with Crippen molar-refractivity contribution in [2.45, 2.75) is 25.2 Å². The number of hydrogen-bond donors (Lipinski definition) is 1. The highest BCUT2D eigenvalue weighted by Gasteiger charge is 2.50. The van der Waals surface area contributed by atoms with Gasteiger partial charge in [0.15, 0.2) is 0 Å². The van der Waals surface area contributed by atoms with Crippen molar-refractivity contribution in [3.8, 4) is 0 Å². The lowest BCUT2D eigenvalue weighted by Gasteiger charge is -2.28. The molecule has 1 saturated carbocycles. The molecule has 2 fully saturated rings. The monoisotopic (exact) mass is 407 g/mol. The molecule has 4 rings (SSSR count). The van der Waals surface area contributed by atoms with E-state index >= 15 is 0 Å². The lowest BCUT2D eigenvalue weighted by atomic mass is 9.73. The maximum atomic E-state index is 12.9. The van der Waals surface area contributed by atoms with Gasteiger partial charge in [-0.3, -0.25) is 29.4 Å². The van der Waals surface area contributed by atoms with Crippen molar-refractivity contribution in [1.82, 2.24) is 4.90 Å². The average Bonchev–Trinajstić information content (AvgIpc) is 2.99. The number of nitro groups is 1. The number of nitrogens with zero attached hydrogens (tertiary/aromatic N) is 2. The van der Waals surface area contributed by atoms with Crippen LogP contribution < -0.4 is 5.32 Å². The summed E-state index contributed by atoms with van der Waals surface area (Å²) in [6.07, 6.45) is 2.05. The second kappa shape index (κ2) is 8.06. The number of amides is 3. The summed E-state index contributed by atoms with van der Waals surface area (Å²) in [5.74, 6) is -1.71. The number of nitrogens with one attached hydrogen (secondary N) is 1. The number of carbonyl (C=O) groups excluding carboxylic acids is 3. The zero-order chi connectivity index (χ0) is 21.3. The number of nitro benzene ring substituents is 1. The molecule has 1 saturated heterocycles. The number of imide groups is 1. The van der Waals surface area contributed by atoms with Crippen LogP contribution in [-0.4, -0.2) is 34.1 Å². The van der Waals surface area contributed by atoms with Crippen LogP contribution in [0.5, 0.6) is 0 Å². The van der Waals surface area contributed by atoms with E-state index in [9.17, 15) is 24.5 Å². The largest absolute Gasteiger partial charge is 0.324 e. The third-order valence-corrected chi connectivity index (χ3v) is 5.93. The molecule has 1 N–H and O–H groups in total. The van der Waals surface area contributed by atoms with E-state index in [2.05, 4.69) is 5.32 Å². The van der Waals surface area contributed by atoms with Crippen molar-refractivity contribution in [3.05, 3.63) is 70.3 Å². The van der Waals surface area contributed by atoms with Crippen LogP contribution in [0.1, 0.15) is 30.7 Å². The highest BCUT2D eigenvalue weighted by Crippen LogP contribution is 2.44. The highest BCUT2D eigenvalue weighted by atomic mass is 16.6. The van der Waals surface area contributed by atoms with Crippen LogP contribution in [-0.2, 0) is 14.4 Å². The first-order valence-corrected chi connectivity index (χ1v) is 9.88. The summed E-state index contributed by atoms with van der Waals surface area (Å²) in [7, 11) is 0. The number of benzene rings is 2. The molecule has 2 aromatic carbocycles. The Labute approximate surface area is 173 Å². The lowest BCUT2D eigenvalue weighted by molar-refractivity contribution is -0.384. The van der Waals surface area contributed by atoms with E-state index in [4.69, 9.17) is 0 Å². The maximum absolute atomic E-state index is 12.9. The molecule has 154 valence electrons. The number of hydrogen-bond acceptors (Lipinski definition) is 5. The minimum atomic E-state index is -0.560. The van der Waals surface area contributed by atoms with Gasteiger partial charge in [-0.2, -0.15) is 0 Å². The summed E-state index contributed by atoms with van der Waals surface area (Å²) in [5, 5.41) is 13.4. The van der Waals surface area contributed by atoms with Gasteiger partial charge >= 0.3 is 0 Å². The van der Waals surface area contributed by atoms with Gasteiger partial charge in [0.2, 0.25) is 17.7 Å². The van der Waals surface area contributed by atoms with Crippen LogP contribution in [0.3, 0.4) is 0 Å². The third kappa shape index (κ3) is 3.80. The second-order valence-corrected chi connectivity index (χ2v) is 7.75. The Bertz CT molecular complexity index is 1010. The SMILES string of the molecule is O=C(CN1C(=O)[C@@H]2CC[C@H](c3ccccc3)C[C@H]2C1=O)Nc1cccc([N+](=O)[O-])c1. The molecular formula is C22H21N3O5. The maximum Gasteiger partial charge on any atom is 0.271 e. The molecule has 1 heterocycles. The van der Waals surface area contributed by atoms with Crippen LogP contribution in [0, 0.1) is 22.0 Å². The molecule has 0 radical (unpaired) electrons. The van der Waals surface area contributed by atoms with E-state index in [0.717, 1.165) is 16.9 Å². The van der Waals surface area contributed by atoms with E-state index < -0.39 is 16.7 Å². The summed E-state index contributed by atoms with van der Waals surface area (Å²) >= 11 is 0. The summed E-state index contributed by atoms with van der Waals surface area (Å²) in [6.45, 7) is -0.386. The summed E-state index contributed by atoms with van der Waals surface area (Å²) in [5.41, 5.74) is 1.26. The van der Waals surface area contributed by atoms with Crippen LogP contribution in [0.2, 0.25) is 0 Å². The number of carbonyl (C=O) groups is 3. The molecule has 1 aliphatic carbocycles. The second-order valence-electron chi connectivity index (χ2n) is 7.75. The normalized spacial score (nSPS) is 23.2. The smallest absolute Gasteiger partial charge is 0.271 e. The van der Waals surface area contributed by atoms with Crippen molar-refractivity contribution < 1.29 is 19.3 Å². The van der Waals surface area contributed by atoms with Crippen LogP contribution in [0.25, 0.3) is 0 Å². The first-order valence-electron chi connectivity index (χ1n) is 9.88. The van der Waals surface area contributed by atoms with Gasteiger partial charge < -0.3 is 5.32 Å². The molecule has 3 amide bonds. The van der Waals surface area contributed by atoms with Crippen LogP contribution in [0.15, 0.2) is 54.6 Å². The number of non-ortho nitro benzene ring substituents is 1. The number of rotatable bonds is 5. The van der Waals surface area contributed by atoms with E-state index in [1.807, 2.05) is 30.3 Å². The van der Waals surface area contributed by atoms with Gasteiger partial charge in [-0.25, -0.2) is 0 Å². The molecule has 0 aromatic heterocycles. The van der Waals surface area contributed by atoms with Gasteiger partial charge in [-0.05, 0) is 36.8 Å². The number of anilines is 1. The fraction of sp³-hybridized carbons (Fsp3) is 0.318. The molecule has 0 spiro atoms. The Balaban J connectivity index is 1.42. The molecular weight excluding hydrogens is 386 g/mol. The minimum absolute atomic E-state index is 0.154. The zero-order valence-corrected chi connectivity index (χ0v) is 16.2. The Morgan fingerprint density at radius 2 is 1.77 bits per heavy atom. The van der Waals surface area contributed by atoms with Gasteiger partial charge in [-0.15, -0.1) is 0 Å². The van der Waals surface area contributed by atoms with Crippen LogP contribution in [0.4, 0.5) is 11.4 Å². The Morgan fingerprint density at radius 3 is 2.50 bits per heavy atom. The van der Waals surface area contributed by atoms with Crippen molar-refractivity contribution in [2.75, 3.05) is 11.9 Å². The fourth-order valence-electron chi connectivity index (χ4n) is 4.47. The fourth-order valence-corrected chi connectivity index (χ4v) is 4.47. The molecule has 0 bridgehead atoms. The summed E-state index contributed by atoms with van der Waals surface area (Å²) in [4.78, 5) is 49.4. The predicted molar refractivity (Wildman–Crippen MR) is 108 cm³/mol. The first-order chi connectivity index (χ1) is 14.4. The lowest BCUT2D eigenvalue weighted by Crippen LogP contribution is -2.38. The minimum Gasteiger partial charge on any atom is -0.324 e. The van der Waals surface area contributed by atoms with E-state index in [0.29, 0.717) is 12.8 Å². The summed E-state index contributed by atoms with van der Waals surface area (Å²) < 4.78 is 0. The van der Waals surface area contributed by atoms with E-state index in [-0.39, 0.29) is 41.6 Å². The molecule has 3 atom stereocenters. The van der Waals surface area contributed by atoms with Crippen molar-refractivity contribution >= 4 is 29.1 Å². The quantitative estimate of drug-likeness (QED) is 0.465. The van der Waals surface area contributed by atoms with Crippen molar-refractivity contribution in [3.63, 3.8) is 0 Å². The zero-order valence-electron chi connectivity index (χ0n) is 16.2. The molecule has 2 aliphatic rings. The van der Waals surface area contributed by atoms with Crippen molar-refractivity contribution in [2.24, 2.45) is 11.8 Å². The first kappa shape index (κ1) is 19.8. The highest BCUT2D eigenvalue weighted by molar-refractivity contribution is 6.08. The Morgan fingerprint density at radius 1 is 1.03 bits per heavy atom. The van der Waals surface area contributed by atoms with Crippen LogP contribution >= 0.6 is 0 Å².